The smallest absolute Gasteiger partial charge is 0.238 e. The van der Waals surface area contributed by atoms with Gasteiger partial charge in [-0.3, -0.25) is 4.98 Å². The summed E-state index contributed by atoms with van der Waals surface area (Å²) in [6.45, 7) is 0. The molecule has 0 saturated heterocycles. The highest BCUT2D eigenvalue weighted by Crippen LogP contribution is 2.21. The van der Waals surface area contributed by atoms with Crippen LogP contribution in [0.1, 0.15) is 11.5 Å². The molecule has 90 valence electrons. The van der Waals surface area contributed by atoms with Gasteiger partial charge in [0.15, 0.2) is 5.58 Å². The van der Waals surface area contributed by atoms with E-state index in [4.69, 9.17) is 4.42 Å². The van der Waals surface area contributed by atoms with Crippen LogP contribution in [0.25, 0.3) is 22.7 Å². The maximum Gasteiger partial charge on any atom is 0.238 e. The van der Waals surface area contributed by atoms with E-state index in [1.54, 1.807) is 18.5 Å². The predicted molar refractivity (Wildman–Crippen MR) is 71.7 cm³/mol. The van der Waals surface area contributed by atoms with Crippen LogP contribution >= 0.6 is 0 Å². The van der Waals surface area contributed by atoms with Crippen LogP contribution in [-0.4, -0.2) is 9.97 Å². The average molecular weight is 247 g/mol. The molecule has 3 aromatic rings. The molecular weight excluding hydrogens is 238 g/mol. The van der Waals surface area contributed by atoms with Crippen LogP contribution in [-0.2, 0) is 0 Å². The molecule has 2 aromatic heterocycles. The molecule has 0 radical (unpaired) electrons. The number of hydrogen-bond donors (Lipinski definition) is 0. The fraction of sp³-hybridized carbons (Fsp3) is 0. The second kappa shape index (κ2) is 4.75. The predicted octanol–water partition coefficient (Wildman–Crippen LogP) is 3.29. The third kappa shape index (κ3) is 2.22. The minimum atomic E-state index is 0.326. The number of nitrogens with zero attached hydrogens (tertiary/aromatic N) is 3. The molecular formula is C15H9N3O. The Hall–Kier alpha value is -2.93. The van der Waals surface area contributed by atoms with Gasteiger partial charge in [-0.25, -0.2) is 4.98 Å². The zero-order valence-electron chi connectivity index (χ0n) is 9.95. The van der Waals surface area contributed by atoms with E-state index in [1.807, 2.05) is 36.4 Å². The molecule has 0 aliphatic rings. The monoisotopic (exact) mass is 247 g/mol. The average Bonchev–Trinajstić information content (AvgIpc) is 2.89. The van der Waals surface area contributed by atoms with Gasteiger partial charge in [0.05, 0.1) is 0 Å². The first-order valence-electron chi connectivity index (χ1n) is 5.74. The van der Waals surface area contributed by atoms with Gasteiger partial charge in [-0.15, -0.1) is 0 Å². The molecule has 0 aliphatic carbocycles. The number of benzene rings is 1. The summed E-state index contributed by atoms with van der Waals surface area (Å²) < 4.78 is 5.57. The minimum absolute atomic E-state index is 0.326. The van der Waals surface area contributed by atoms with E-state index >= 15 is 0 Å². The topological polar surface area (TPSA) is 62.7 Å². The van der Waals surface area contributed by atoms with Gasteiger partial charge in [-0.05, 0) is 29.8 Å². The fourth-order valence-corrected chi connectivity index (χ4v) is 1.76. The van der Waals surface area contributed by atoms with Gasteiger partial charge in [-0.2, -0.15) is 5.26 Å². The summed E-state index contributed by atoms with van der Waals surface area (Å²) in [5, 5.41) is 9.23. The van der Waals surface area contributed by atoms with Gasteiger partial charge < -0.3 is 4.42 Å². The van der Waals surface area contributed by atoms with Crippen LogP contribution in [0.15, 0.2) is 53.2 Å². The SMILES string of the molecule is N#C/C(=C\c1cccnc1)c1nc2ccccc2o1. The molecule has 2 heterocycles. The quantitative estimate of drug-likeness (QED) is 0.652. The van der Waals surface area contributed by atoms with Gasteiger partial charge in [0.25, 0.3) is 0 Å². The molecule has 0 saturated carbocycles. The summed E-state index contributed by atoms with van der Waals surface area (Å²) in [5.41, 5.74) is 2.63. The molecule has 0 aliphatic heterocycles. The van der Waals surface area contributed by atoms with E-state index in [2.05, 4.69) is 16.0 Å². The molecule has 0 N–H and O–H groups in total. The third-order valence-electron chi connectivity index (χ3n) is 2.64. The standard InChI is InChI=1S/C15H9N3O/c16-9-12(8-11-4-3-7-17-10-11)15-18-13-5-1-2-6-14(13)19-15/h1-8,10H/b12-8+. The second-order valence-electron chi connectivity index (χ2n) is 3.94. The van der Waals surface area contributed by atoms with Crippen molar-refractivity contribution < 1.29 is 4.42 Å². The lowest BCUT2D eigenvalue weighted by Gasteiger charge is -1.93. The highest BCUT2D eigenvalue weighted by molar-refractivity contribution is 5.88. The number of rotatable bonds is 2. The summed E-state index contributed by atoms with van der Waals surface area (Å²) in [4.78, 5) is 8.31. The van der Waals surface area contributed by atoms with Crippen molar-refractivity contribution >= 4 is 22.7 Å². The first-order valence-corrected chi connectivity index (χ1v) is 5.74. The summed E-state index contributed by atoms with van der Waals surface area (Å²) >= 11 is 0. The second-order valence-corrected chi connectivity index (χ2v) is 3.94. The lowest BCUT2D eigenvalue weighted by molar-refractivity contribution is 0.586. The van der Waals surface area contributed by atoms with Crippen LogP contribution in [0.4, 0.5) is 0 Å². The molecule has 3 rings (SSSR count). The molecule has 4 heteroatoms. The first kappa shape index (κ1) is 11.2. The number of oxazole rings is 1. The zero-order chi connectivity index (χ0) is 13.1. The normalized spacial score (nSPS) is 11.4. The van der Waals surface area contributed by atoms with Crippen LogP contribution in [0.5, 0.6) is 0 Å². The van der Waals surface area contributed by atoms with E-state index in [-0.39, 0.29) is 0 Å². The Morgan fingerprint density at radius 1 is 1.21 bits per heavy atom. The number of fused-ring (bicyclic) bond motifs is 1. The lowest BCUT2D eigenvalue weighted by atomic mass is 10.2. The minimum Gasteiger partial charge on any atom is -0.435 e. The van der Waals surface area contributed by atoms with E-state index in [0.29, 0.717) is 17.0 Å². The highest BCUT2D eigenvalue weighted by Gasteiger charge is 2.10. The van der Waals surface area contributed by atoms with Gasteiger partial charge in [0, 0.05) is 12.4 Å². The molecule has 1 aromatic carbocycles. The maximum atomic E-state index is 9.23. The summed E-state index contributed by atoms with van der Waals surface area (Å²) in [5.74, 6) is 0.326. The summed E-state index contributed by atoms with van der Waals surface area (Å²) in [7, 11) is 0. The van der Waals surface area contributed by atoms with Gasteiger partial charge in [-0.1, -0.05) is 18.2 Å². The molecule has 0 spiro atoms. The molecule has 0 fully saturated rings. The molecule has 0 amide bonds. The summed E-state index contributed by atoms with van der Waals surface area (Å²) in [6.07, 6.45) is 5.07. The number of hydrogen-bond acceptors (Lipinski definition) is 4. The molecule has 0 atom stereocenters. The van der Waals surface area contributed by atoms with Crippen molar-refractivity contribution in [3.63, 3.8) is 0 Å². The molecule has 0 unspecified atom stereocenters. The van der Waals surface area contributed by atoms with Gasteiger partial charge >= 0.3 is 0 Å². The Balaban J connectivity index is 2.08. The largest absolute Gasteiger partial charge is 0.435 e. The van der Waals surface area contributed by atoms with Crippen LogP contribution < -0.4 is 0 Å². The number of allylic oxidation sites excluding steroid dienone is 1. The van der Waals surface area contributed by atoms with Gasteiger partial charge in [0.1, 0.15) is 17.2 Å². The third-order valence-corrected chi connectivity index (χ3v) is 2.64. The van der Waals surface area contributed by atoms with E-state index in [0.717, 1.165) is 11.1 Å². The van der Waals surface area contributed by atoms with E-state index < -0.39 is 0 Å². The number of nitriles is 1. The Bertz CT molecular complexity index is 749. The maximum absolute atomic E-state index is 9.23. The number of pyridine rings is 1. The van der Waals surface area contributed by atoms with Crippen LogP contribution in [0.3, 0.4) is 0 Å². The molecule has 4 nitrogen and oxygen atoms in total. The van der Waals surface area contributed by atoms with Crippen molar-refractivity contribution in [1.82, 2.24) is 9.97 Å². The van der Waals surface area contributed by atoms with Crippen molar-refractivity contribution in [2.24, 2.45) is 0 Å². The van der Waals surface area contributed by atoms with E-state index in [1.165, 1.54) is 0 Å². The Morgan fingerprint density at radius 3 is 2.84 bits per heavy atom. The number of para-hydroxylation sites is 2. The summed E-state index contributed by atoms with van der Waals surface area (Å²) in [6, 6.07) is 13.2. The first-order chi connectivity index (χ1) is 9.36. The van der Waals surface area contributed by atoms with E-state index in [9.17, 15) is 5.26 Å². The van der Waals surface area contributed by atoms with Crippen LogP contribution in [0, 0.1) is 11.3 Å². The molecule has 19 heavy (non-hydrogen) atoms. The number of aromatic nitrogens is 2. The van der Waals surface area contributed by atoms with Crippen molar-refractivity contribution in [1.29, 1.82) is 5.26 Å². The van der Waals surface area contributed by atoms with Crippen molar-refractivity contribution in [3.8, 4) is 6.07 Å². The fourth-order valence-electron chi connectivity index (χ4n) is 1.76. The van der Waals surface area contributed by atoms with Crippen molar-refractivity contribution in [3.05, 3.63) is 60.2 Å². The lowest BCUT2D eigenvalue weighted by Crippen LogP contribution is -1.82. The highest BCUT2D eigenvalue weighted by atomic mass is 16.3. The Morgan fingerprint density at radius 2 is 2.11 bits per heavy atom. The van der Waals surface area contributed by atoms with Crippen LogP contribution in [0.2, 0.25) is 0 Å². The Kier molecular flexibility index (Phi) is 2.79. The zero-order valence-corrected chi connectivity index (χ0v) is 9.95. The van der Waals surface area contributed by atoms with Crippen molar-refractivity contribution in [2.75, 3.05) is 0 Å². The van der Waals surface area contributed by atoms with Gasteiger partial charge in [0.2, 0.25) is 5.89 Å². The Labute approximate surface area is 109 Å². The van der Waals surface area contributed by atoms with Crippen molar-refractivity contribution in [2.45, 2.75) is 0 Å². The molecule has 0 bridgehead atoms.